The van der Waals surface area contributed by atoms with Crippen LogP contribution in [0.5, 0.6) is 0 Å². The van der Waals surface area contributed by atoms with Gasteiger partial charge in [-0.1, -0.05) is 18.2 Å². The summed E-state index contributed by atoms with van der Waals surface area (Å²) in [7, 11) is 0. The predicted molar refractivity (Wildman–Crippen MR) is 81.1 cm³/mol. The summed E-state index contributed by atoms with van der Waals surface area (Å²) in [6.07, 6.45) is 0. The summed E-state index contributed by atoms with van der Waals surface area (Å²) in [4.78, 5) is 27.3. The molecule has 3 rings (SSSR count). The third-order valence-electron chi connectivity index (χ3n) is 3.45. The Kier molecular flexibility index (Phi) is 3.55. The number of nitrogens with one attached hydrogen (secondary N) is 1. The first-order valence-electron chi connectivity index (χ1n) is 6.90. The van der Waals surface area contributed by atoms with Crippen LogP contribution in [0, 0.1) is 13.8 Å². The first kappa shape index (κ1) is 14.1. The number of Topliss-reactive ketones (excluding diaryl/α,β-unsaturated/α-hetero) is 1. The van der Waals surface area contributed by atoms with E-state index in [2.05, 4.69) is 4.98 Å². The lowest BCUT2D eigenvalue weighted by Crippen LogP contribution is -2.14. The van der Waals surface area contributed by atoms with E-state index in [0.717, 1.165) is 16.6 Å². The van der Waals surface area contributed by atoms with E-state index in [1.165, 1.54) is 6.07 Å². The number of carbonyl (C=O) groups is 2. The van der Waals surface area contributed by atoms with E-state index in [9.17, 15) is 9.59 Å². The van der Waals surface area contributed by atoms with Crippen molar-refractivity contribution in [3.63, 3.8) is 0 Å². The number of fused-ring (bicyclic) bond motifs is 1. The zero-order valence-corrected chi connectivity index (χ0v) is 12.3. The normalized spacial score (nSPS) is 10.8. The molecule has 0 aliphatic heterocycles. The average molecular weight is 297 g/mol. The lowest BCUT2D eigenvalue weighted by molar-refractivity contribution is 0.0443. The average Bonchev–Trinajstić information content (AvgIpc) is 3.07. The van der Waals surface area contributed by atoms with Crippen LogP contribution in [0.15, 0.2) is 40.8 Å². The van der Waals surface area contributed by atoms with E-state index in [4.69, 9.17) is 9.15 Å². The molecule has 112 valence electrons. The molecular weight excluding hydrogens is 282 g/mol. The number of hydrogen-bond acceptors (Lipinski definition) is 4. The maximum absolute atomic E-state index is 12.4. The minimum atomic E-state index is -0.640. The van der Waals surface area contributed by atoms with Gasteiger partial charge in [-0.25, -0.2) is 4.79 Å². The highest BCUT2D eigenvalue weighted by atomic mass is 16.5. The number of para-hydroxylation sites is 1. The summed E-state index contributed by atoms with van der Waals surface area (Å²) in [5, 5.41) is 0.829. The van der Waals surface area contributed by atoms with Crippen LogP contribution in [0.1, 0.15) is 32.4 Å². The minimum Gasteiger partial charge on any atom is -0.454 e. The third kappa shape index (κ3) is 2.53. The van der Waals surface area contributed by atoms with Crippen molar-refractivity contribution in [3.8, 4) is 0 Å². The van der Waals surface area contributed by atoms with Gasteiger partial charge >= 0.3 is 5.97 Å². The maximum atomic E-state index is 12.4. The van der Waals surface area contributed by atoms with Gasteiger partial charge in [0.25, 0.3) is 0 Å². The number of aromatic amines is 1. The quantitative estimate of drug-likeness (QED) is 0.591. The fourth-order valence-corrected chi connectivity index (χ4v) is 2.45. The van der Waals surface area contributed by atoms with Crippen molar-refractivity contribution >= 4 is 22.7 Å². The second-order valence-electron chi connectivity index (χ2n) is 5.08. The summed E-state index contributed by atoms with van der Waals surface area (Å²) in [5.74, 6) is -0.169. The molecule has 0 aliphatic rings. The Morgan fingerprint density at radius 1 is 1.14 bits per heavy atom. The largest absolute Gasteiger partial charge is 0.454 e. The molecule has 0 spiro atoms. The first-order chi connectivity index (χ1) is 10.6. The van der Waals surface area contributed by atoms with Crippen LogP contribution in [0.4, 0.5) is 0 Å². The number of hydrogen-bond donors (Lipinski definition) is 1. The molecule has 1 aromatic carbocycles. The van der Waals surface area contributed by atoms with Crippen molar-refractivity contribution in [1.82, 2.24) is 4.98 Å². The summed E-state index contributed by atoms with van der Waals surface area (Å²) >= 11 is 0. The van der Waals surface area contributed by atoms with Crippen LogP contribution in [0.2, 0.25) is 0 Å². The SMILES string of the molecule is Cc1ccc(C(=O)OCC(=O)c2c(C)[nH]c3ccccc23)o1. The Bertz CT molecular complexity index is 857. The van der Waals surface area contributed by atoms with Gasteiger partial charge in [-0.3, -0.25) is 4.79 Å². The molecule has 0 bridgehead atoms. The molecule has 5 heteroatoms. The highest BCUT2D eigenvalue weighted by molar-refractivity contribution is 6.10. The van der Waals surface area contributed by atoms with Gasteiger partial charge in [0, 0.05) is 22.2 Å². The monoisotopic (exact) mass is 297 g/mol. The van der Waals surface area contributed by atoms with Crippen LogP contribution < -0.4 is 0 Å². The maximum Gasteiger partial charge on any atom is 0.374 e. The number of aryl methyl sites for hydroxylation is 2. The summed E-state index contributed by atoms with van der Waals surface area (Å²) in [6.45, 7) is 3.24. The van der Waals surface area contributed by atoms with E-state index < -0.39 is 5.97 Å². The number of ether oxygens (including phenoxy) is 1. The Hall–Kier alpha value is -2.82. The number of H-pyrrole nitrogens is 1. The Morgan fingerprint density at radius 2 is 1.91 bits per heavy atom. The van der Waals surface area contributed by atoms with E-state index in [1.807, 2.05) is 31.2 Å². The van der Waals surface area contributed by atoms with Crippen LogP contribution in [-0.2, 0) is 4.74 Å². The van der Waals surface area contributed by atoms with Crippen LogP contribution in [-0.4, -0.2) is 23.3 Å². The van der Waals surface area contributed by atoms with Gasteiger partial charge in [0.05, 0.1) is 0 Å². The number of carbonyl (C=O) groups excluding carboxylic acids is 2. The second kappa shape index (κ2) is 5.52. The third-order valence-corrected chi connectivity index (χ3v) is 3.45. The zero-order valence-electron chi connectivity index (χ0n) is 12.3. The standard InChI is InChI=1S/C17H15NO4/c1-10-7-8-15(22-10)17(20)21-9-14(19)16-11(2)18-13-6-4-3-5-12(13)16/h3-8,18H,9H2,1-2H3. The number of benzene rings is 1. The van der Waals surface area contributed by atoms with Gasteiger partial charge in [-0.2, -0.15) is 0 Å². The van der Waals surface area contributed by atoms with Gasteiger partial charge in [-0.15, -0.1) is 0 Å². The highest BCUT2D eigenvalue weighted by Crippen LogP contribution is 2.22. The Labute approximate surface area is 126 Å². The predicted octanol–water partition coefficient (Wildman–Crippen LogP) is 3.42. The van der Waals surface area contributed by atoms with E-state index in [-0.39, 0.29) is 18.2 Å². The summed E-state index contributed by atoms with van der Waals surface area (Å²) in [5.41, 5.74) is 2.20. The molecule has 0 fully saturated rings. The van der Waals surface area contributed by atoms with Crippen molar-refractivity contribution in [1.29, 1.82) is 0 Å². The summed E-state index contributed by atoms with van der Waals surface area (Å²) in [6, 6.07) is 10.7. The van der Waals surface area contributed by atoms with E-state index in [0.29, 0.717) is 11.3 Å². The molecule has 0 saturated carbocycles. The number of aromatic nitrogens is 1. The summed E-state index contributed by atoms with van der Waals surface area (Å²) < 4.78 is 10.2. The molecular formula is C17H15NO4. The molecule has 22 heavy (non-hydrogen) atoms. The number of esters is 1. The molecule has 0 unspecified atom stereocenters. The molecule has 0 atom stereocenters. The van der Waals surface area contributed by atoms with E-state index in [1.54, 1.807) is 13.0 Å². The highest BCUT2D eigenvalue weighted by Gasteiger charge is 2.19. The Morgan fingerprint density at radius 3 is 2.64 bits per heavy atom. The molecule has 5 nitrogen and oxygen atoms in total. The minimum absolute atomic E-state index is 0.0981. The molecule has 0 radical (unpaired) electrons. The van der Waals surface area contributed by atoms with Crippen molar-refractivity contribution in [2.24, 2.45) is 0 Å². The molecule has 1 N–H and O–H groups in total. The van der Waals surface area contributed by atoms with Gasteiger partial charge in [0.15, 0.2) is 6.61 Å². The van der Waals surface area contributed by atoms with Crippen LogP contribution in [0.25, 0.3) is 10.9 Å². The van der Waals surface area contributed by atoms with Crippen molar-refractivity contribution in [2.45, 2.75) is 13.8 Å². The lowest BCUT2D eigenvalue weighted by Gasteiger charge is -2.03. The Balaban J connectivity index is 1.76. The fraction of sp³-hybridized carbons (Fsp3) is 0.176. The van der Waals surface area contributed by atoms with Crippen LogP contribution >= 0.6 is 0 Å². The van der Waals surface area contributed by atoms with E-state index >= 15 is 0 Å². The lowest BCUT2D eigenvalue weighted by atomic mass is 10.1. The number of rotatable bonds is 4. The van der Waals surface area contributed by atoms with Crippen molar-refractivity contribution in [3.05, 3.63) is 59.2 Å². The van der Waals surface area contributed by atoms with Gasteiger partial charge in [0.1, 0.15) is 5.76 Å². The smallest absolute Gasteiger partial charge is 0.374 e. The number of ketones is 1. The topological polar surface area (TPSA) is 72.3 Å². The van der Waals surface area contributed by atoms with Crippen LogP contribution in [0.3, 0.4) is 0 Å². The van der Waals surface area contributed by atoms with Gasteiger partial charge in [0.2, 0.25) is 11.5 Å². The molecule has 0 amide bonds. The van der Waals surface area contributed by atoms with Gasteiger partial charge in [-0.05, 0) is 32.0 Å². The molecule has 0 saturated heterocycles. The molecule has 2 aromatic heterocycles. The number of furan rings is 1. The first-order valence-corrected chi connectivity index (χ1v) is 6.90. The second-order valence-corrected chi connectivity index (χ2v) is 5.08. The molecule has 2 heterocycles. The van der Waals surface area contributed by atoms with Gasteiger partial charge < -0.3 is 14.1 Å². The fourth-order valence-electron chi connectivity index (χ4n) is 2.45. The zero-order chi connectivity index (χ0) is 15.7. The molecule has 3 aromatic rings. The molecule has 0 aliphatic carbocycles. The van der Waals surface area contributed by atoms with Crippen molar-refractivity contribution in [2.75, 3.05) is 6.61 Å². The van der Waals surface area contributed by atoms with Crippen molar-refractivity contribution < 1.29 is 18.7 Å².